The van der Waals surface area contributed by atoms with E-state index >= 15 is 0 Å². The summed E-state index contributed by atoms with van der Waals surface area (Å²) in [7, 11) is 4.23. The van der Waals surface area contributed by atoms with Crippen LogP contribution in [0.3, 0.4) is 0 Å². The molecule has 1 atom stereocenters. The van der Waals surface area contributed by atoms with Crippen LogP contribution in [0.15, 0.2) is 29.0 Å². The highest BCUT2D eigenvalue weighted by Crippen LogP contribution is 2.29. The third kappa shape index (κ3) is 3.65. The molecule has 0 aromatic carbocycles. The van der Waals surface area contributed by atoms with Gasteiger partial charge in [0.25, 0.3) is 0 Å². The Hall–Kier alpha value is -0.680. The number of rotatable bonds is 6. The second kappa shape index (κ2) is 6.48. The van der Waals surface area contributed by atoms with Gasteiger partial charge in [0.2, 0.25) is 0 Å². The molecule has 0 radical (unpaired) electrons. The molecule has 0 aliphatic carbocycles. The molecule has 2 nitrogen and oxygen atoms in total. The zero-order chi connectivity index (χ0) is 13.0. The molecule has 18 heavy (non-hydrogen) atoms. The van der Waals surface area contributed by atoms with Crippen LogP contribution in [0.2, 0.25) is 0 Å². The highest BCUT2D eigenvalue weighted by atomic mass is 32.1. The van der Waals surface area contributed by atoms with Crippen molar-refractivity contribution in [2.24, 2.45) is 0 Å². The maximum Gasteiger partial charge on any atom is 0.0351 e. The average Bonchev–Trinajstić information content (AvgIpc) is 2.98. The van der Waals surface area contributed by atoms with E-state index in [-0.39, 0.29) is 0 Å². The molecule has 2 rings (SSSR count). The minimum Gasteiger partial charge on any atom is -0.310 e. The second-order valence-corrected chi connectivity index (χ2v) is 6.67. The Kier molecular flexibility index (Phi) is 4.95. The predicted octanol–water partition coefficient (Wildman–Crippen LogP) is 3.52. The van der Waals surface area contributed by atoms with Crippen molar-refractivity contribution in [1.29, 1.82) is 0 Å². The lowest BCUT2D eigenvalue weighted by Crippen LogP contribution is -2.34. The third-order valence-corrected chi connectivity index (χ3v) is 4.94. The van der Waals surface area contributed by atoms with Gasteiger partial charge in [-0.25, -0.2) is 0 Å². The monoisotopic (exact) mass is 280 g/mol. The third-order valence-electron chi connectivity index (χ3n) is 3.08. The van der Waals surface area contributed by atoms with E-state index in [0.29, 0.717) is 6.04 Å². The smallest absolute Gasteiger partial charge is 0.0351 e. The van der Waals surface area contributed by atoms with E-state index in [1.54, 1.807) is 11.3 Å². The maximum atomic E-state index is 3.51. The Balaban J connectivity index is 1.84. The number of hydrogen-bond acceptors (Lipinski definition) is 4. The van der Waals surface area contributed by atoms with E-state index in [0.717, 1.165) is 13.1 Å². The van der Waals surface area contributed by atoms with Gasteiger partial charge in [-0.15, -0.1) is 22.7 Å². The Bertz CT molecular complexity index is 460. The fraction of sp³-hybridized carbons (Fsp3) is 0.429. The molecular formula is C14H20N2S2. The Morgan fingerprint density at radius 2 is 2.17 bits per heavy atom. The van der Waals surface area contributed by atoms with E-state index in [1.807, 2.05) is 11.3 Å². The Labute approximate surface area is 117 Å². The summed E-state index contributed by atoms with van der Waals surface area (Å²) in [5, 5.41) is 7.89. The van der Waals surface area contributed by atoms with Gasteiger partial charge < -0.3 is 10.2 Å². The summed E-state index contributed by atoms with van der Waals surface area (Å²) in [6.45, 7) is 4.23. The molecule has 1 unspecified atom stereocenters. The van der Waals surface area contributed by atoms with Gasteiger partial charge in [-0.1, -0.05) is 6.07 Å². The molecule has 0 fully saturated rings. The van der Waals surface area contributed by atoms with Crippen LogP contribution in [0.5, 0.6) is 0 Å². The number of nitrogens with zero attached hydrogens (tertiary/aromatic N) is 1. The van der Waals surface area contributed by atoms with Crippen molar-refractivity contribution < 1.29 is 0 Å². The summed E-state index contributed by atoms with van der Waals surface area (Å²) in [4.78, 5) is 5.00. The summed E-state index contributed by atoms with van der Waals surface area (Å²) in [6, 6.07) is 7.15. The van der Waals surface area contributed by atoms with Crippen LogP contribution in [0.25, 0.3) is 10.4 Å². The standard InChI is InChI=1S/C14H20N2S2/c1-11(16(2)3)8-15-9-13-7-12(10-18-13)14-5-4-6-17-14/h4-7,10-11,15H,8-9H2,1-3H3. The van der Waals surface area contributed by atoms with Gasteiger partial charge >= 0.3 is 0 Å². The van der Waals surface area contributed by atoms with E-state index in [9.17, 15) is 0 Å². The lowest BCUT2D eigenvalue weighted by atomic mass is 10.2. The first-order valence-corrected chi connectivity index (χ1v) is 7.91. The van der Waals surface area contributed by atoms with Gasteiger partial charge in [-0.3, -0.25) is 0 Å². The lowest BCUT2D eigenvalue weighted by Gasteiger charge is -2.19. The summed E-state index contributed by atoms with van der Waals surface area (Å²) in [5.74, 6) is 0. The van der Waals surface area contributed by atoms with Gasteiger partial charge in [0, 0.05) is 34.4 Å². The van der Waals surface area contributed by atoms with Crippen LogP contribution in [0.4, 0.5) is 0 Å². The van der Waals surface area contributed by atoms with E-state index in [2.05, 4.69) is 60.2 Å². The second-order valence-electron chi connectivity index (χ2n) is 4.72. The summed E-state index contributed by atoms with van der Waals surface area (Å²) >= 11 is 3.64. The number of hydrogen-bond donors (Lipinski definition) is 1. The van der Waals surface area contributed by atoms with E-state index in [4.69, 9.17) is 0 Å². The van der Waals surface area contributed by atoms with Crippen molar-refractivity contribution in [1.82, 2.24) is 10.2 Å². The van der Waals surface area contributed by atoms with Crippen LogP contribution in [0.1, 0.15) is 11.8 Å². The molecule has 98 valence electrons. The van der Waals surface area contributed by atoms with E-state index < -0.39 is 0 Å². The van der Waals surface area contributed by atoms with Gasteiger partial charge in [-0.2, -0.15) is 0 Å². The number of nitrogens with one attached hydrogen (secondary N) is 1. The first kappa shape index (κ1) is 13.7. The van der Waals surface area contributed by atoms with Gasteiger partial charge in [-0.05, 0) is 43.9 Å². The minimum atomic E-state index is 0.571. The normalized spacial score (nSPS) is 13.1. The number of thiophene rings is 2. The molecule has 0 aliphatic heterocycles. The molecular weight excluding hydrogens is 260 g/mol. The zero-order valence-corrected chi connectivity index (χ0v) is 12.8. The van der Waals surface area contributed by atoms with Crippen LogP contribution in [-0.4, -0.2) is 31.6 Å². The fourth-order valence-electron chi connectivity index (χ4n) is 1.63. The van der Waals surface area contributed by atoms with E-state index in [1.165, 1.54) is 15.3 Å². The fourth-order valence-corrected chi connectivity index (χ4v) is 3.28. The van der Waals surface area contributed by atoms with Gasteiger partial charge in [0.1, 0.15) is 0 Å². The lowest BCUT2D eigenvalue weighted by molar-refractivity contribution is 0.303. The van der Waals surface area contributed by atoms with Gasteiger partial charge in [0.05, 0.1) is 0 Å². The van der Waals surface area contributed by atoms with Gasteiger partial charge in [0.15, 0.2) is 0 Å². The molecule has 2 aromatic rings. The van der Waals surface area contributed by atoms with Crippen LogP contribution < -0.4 is 5.32 Å². The van der Waals surface area contributed by atoms with Crippen LogP contribution >= 0.6 is 22.7 Å². The van der Waals surface area contributed by atoms with Crippen LogP contribution in [-0.2, 0) is 6.54 Å². The van der Waals surface area contributed by atoms with Crippen molar-refractivity contribution in [2.75, 3.05) is 20.6 Å². The quantitative estimate of drug-likeness (QED) is 0.871. The van der Waals surface area contributed by atoms with Crippen molar-refractivity contribution in [3.63, 3.8) is 0 Å². The molecule has 1 N–H and O–H groups in total. The first-order valence-electron chi connectivity index (χ1n) is 6.15. The Morgan fingerprint density at radius 1 is 1.33 bits per heavy atom. The predicted molar refractivity (Wildman–Crippen MR) is 82.5 cm³/mol. The Morgan fingerprint density at radius 3 is 2.83 bits per heavy atom. The summed E-state index contributed by atoms with van der Waals surface area (Å²) in [6.07, 6.45) is 0. The average molecular weight is 280 g/mol. The van der Waals surface area contributed by atoms with Crippen molar-refractivity contribution >= 4 is 22.7 Å². The highest BCUT2D eigenvalue weighted by Gasteiger charge is 2.05. The molecule has 0 saturated carbocycles. The maximum absolute atomic E-state index is 3.51. The summed E-state index contributed by atoms with van der Waals surface area (Å²) in [5.41, 5.74) is 1.35. The van der Waals surface area contributed by atoms with Crippen molar-refractivity contribution in [3.05, 3.63) is 33.8 Å². The molecule has 2 heterocycles. The van der Waals surface area contributed by atoms with Crippen molar-refractivity contribution in [3.8, 4) is 10.4 Å². The summed E-state index contributed by atoms with van der Waals surface area (Å²) < 4.78 is 0. The minimum absolute atomic E-state index is 0.571. The molecule has 0 saturated heterocycles. The number of likely N-dealkylation sites (N-methyl/N-ethyl adjacent to an activating group) is 1. The topological polar surface area (TPSA) is 15.3 Å². The zero-order valence-electron chi connectivity index (χ0n) is 11.1. The molecule has 0 bridgehead atoms. The molecule has 2 aromatic heterocycles. The largest absolute Gasteiger partial charge is 0.310 e. The van der Waals surface area contributed by atoms with Crippen molar-refractivity contribution in [2.45, 2.75) is 19.5 Å². The molecule has 0 amide bonds. The molecule has 4 heteroatoms. The molecule has 0 aliphatic rings. The highest BCUT2D eigenvalue weighted by molar-refractivity contribution is 7.14. The van der Waals surface area contributed by atoms with Crippen LogP contribution in [0, 0.1) is 0 Å². The SMILES string of the molecule is CC(CNCc1cc(-c2cccs2)cs1)N(C)C. The molecule has 0 spiro atoms. The first-order chi connectivity index (χ1) is 8.66.